The van der Waals surface area contributed by atoms with Crippen LogP contribution in [0.15, 0.2) is 52.2 Å². The van der Waals surface area contributed by atoms with Gasteiger partial charge in [0.05, 0.1) is 23.9 Å². The number of nitrogens with zero attached hydrogens (tertiary/aromatic N) is 8. The molecule has 3 aromatic heterocycles. The van der Waals surface area contributed by atoms with E-state index in [1.807, 2.05) is 44.2 Å². The molecule has 5 heterocycles. The van der Waals surface area contributed by atoms with Crippen LogP contribution in [0.1, 0.15) is 68.3 Å². The number of nitriles is 1. The summed E-state index contributed by atoms with van der Waals surface area (Å²) in [5.41, 5.74) is 2.84. The van der Waals surface area contributed by atoms with Gasteiger partial charge in [0.15, 0.2) is 5.82 Å². The van der Waals surface area contributed by atoms with Gasteiger partial charge in [-0.1, -0.05) is 31.1 Å². The molecule has 0 spiro atoms. The van der Waals surface area contributed by atoms with Gasteiger partial charge in [0.2, 0.25) is 5.89 Å². The minimum atomic E-state index is -0.181. The van der Waals surface area contributed by atoms with E-state index in [-0.39, 0.29) is 23.6 Å². The minimum Gasteiger partial charge on any atom is -0.379 e. The van der Waals surface area contributed by atoms with E-state index in [9.17, 15) is 10.1 Å². The lowest BCUT2D eigenvalue weighted by Crippen LogP contribution is -2.34. The van der Waals surface area contributed by atoms with Crippen LogP contribution in [0.2, 0.25) is 0 Å². The van der Waals surface area contributed by atoms with E-state index < -0.39 is 0 Å². The SMILES string of the molecule is CC(C)c1nc(C2CCN(c3ncc(-c4ccc(-n5cnn([C@H]6CCOC6)c5=O)cc4)cc3C#N)CC2)no1. The standard InChI is InChI=1S/C28H30N8O3/c1-18(2)27-32-25(33-39-27)20-7-10-34(11-8-20)26-21(14-29)13-22(15-30-26)19-3-5-23(6-4-19)35-17-31-36(28(35)37)24-9-12-38-16-24/h3-6,13,15,17-18,20,24H,7-12,16H2,1-2H3/t24-/m0/s1. The van der Waals surface area contributed by atoms with Crippen LogP contribution in [0.5, 0.6) is 0 Å². The molecule has 200 valence electrons. The third kappa shape index (κ3) is 4.83. The number of anilines is 1. The van der Waals surface area contributed by atoms with Gasteiger partial charge >= 0.3 is 5.69 Å². The highest BCUT2D eigenvalue weighted by molar-refractivity contribution is 5.69. The lowest BCUT2D eigenvalue weighted by atomic mass is 9.95. The molecule has 6 rings (SSSR count). The fourth-order valence-corrected chi connectivity index (χ4v) is 5.22. The van der Waals surface area contributed by atoms with Crippen molar-refractivity contribution in [3.05, 3.63) is 70.6 Å². The first-order valence-electron chi connectivity index (χ1n) is 13.3. The summed E-state index contributed by atoms with van der Waals surface area (Å²) in [4.78, 5) is 24.3. The second-order valence-electron chi connectivity index (χ2n) is 10.4. The quantitative estimate of drug-likeness (QED) is 0.368. The average molecular weight is 527 g/mol. The zero-order valence-corrected chi connectivity index (χ0v) is 22.0. The fourth-order valence-electron chi connectivity index (χ4n) is 5.22. The molecular formula is C28H30N8O3. The van der Waals surface area contributed by atoms with Crippen LogP contribution < -0.4 is 10.6 Å². The van der Waals surface area contributed by atoms with Crippen molar-refractivity contribution in [2.45, 2.75) is 51.0 Å². The molecule has 11 nitrogen and oxygen atoms in total. The van der Waals surface area contributed by atoms with Gasteiger partial charge in [-0.25, -0.2) is 19.0 Å². The van der Waals surface area contributed by atoms with E-state index in [0.29, 0.717) is 30.5 Å². The van der Waals surface area contributed by atoms with E-state index in [1.165, 1.54) is 9.25 Å². The fraction of sp³-hybridized carbons (Fsp3) is 0.429. The molecule has 0 bridgehead atoms. The topological polar surface area (TPSA) is 128 Å². The Hall–Kier alpha value is -4.30. The molecule has 39 heavy (non-hydrogen) atoms. The Kier molecular flexibility index (Phi) is 6.70. The summed E-state index contributed by atoms with van der Waals surface area (Å²) in [5, 5.41) is 18.4. The Morgan fingerprint density at radius 3 is 2.56 bits per heavy atom. The van der Waals surface area contributed by atoms with Gasteiger partial charge in [-0.3, -0.25) is 0 Å². The zero-order chi connectivity index (χ0) is 26.9. The first kappa shape index (κ1) is 25.0. The minimum absolute atomic E-state index is 0.0190. The van der Waals surface area contributed by atoms with Gasteiger partial charge in [-0.05, 0) is 43.0 Å². The lowest BCUT2D eigenvalue weighted by Gasteiger charge is -2.32. The van der Waals surface area contributed by atoms with E-state index in [1.54, 1.807) is 12.5 Å². The number of hydrogen-bond donors (Lipinski definition) is 0. The van der Waals surface area contributed by atoms with Crippen LogP contribution in [0.25, 0.3) is 16.8 Å². The van der Waals surface area contributed by atoms with Gasteiger partial charge in [0.25, 0.3) is 0 Å². The van der Waals surface area contributed by atoms with Crippen LogP contribution in [-0.4, -0.2) is 55.8 Å². The Morgan fingerprint density at radius 1 is 1.10 bits per heavy atom. The number of rotatable bonds is 6. The molecule has 0 amide bonds. The van der Waals surface area contributed by atoms with Crippen LogP contribution in [0, 0.1) is 11.3 Å². The molecule has 0 unspecified atom stereocenters. The van der Waals surface area contributed by atoms with Crippen LogP contribution >= 0.6 is 0 Å². The summed E-state index contributed by atoms with van der Waals surface area (Å²) in [6.07, 6.45) is 5.88. The summed E-state index contributed by atoms with van der Waals surface area (Å²) in [7, 11) is 0. The maximum absolute atomic E-state index is 12.9. The molecule has 2 saturated heterocycles. The summed E-state index contributed by atoms with van der Waals surface area (Å²) in [6.45, 7) is 6.76. The second kappa shape index (κ2) is 10.5. The maximum Gasteiger partial charge on any atom is 0.350 e. The highest BCUT2D eigenvalue weighted by Gasteiger charge is 2.27. The van der Waals surface area contributed by atoms with E-state index in [2.05, 4.69) is 26.2 Å². The Labute approximate surface area is 225 Å². The molecule has 0 saturated carbocycles. The van der Waals surface area contributed by atoms with E-state index in [4.69, 9.17) is 14.2 Å². The molecule has 0 radical (unpaired) electrons. The third-order valence-electron chi connectivity index (χ3n) is 7.52. The van der Waals surface area contributed by atoms with Crippen molar-refractivity contribution in [2.24, 2.45) is 0 Å². The normalized spacial score (nSPS) is 18.1. The summed E-state index contributed by atoms with van der Waals surface area (Å²) in [5.74, 6) is 2.59. The number of piperidine rings is 1. The van der Waals surface area contributed by atoms with Gasteiger partial charge < -0.3 is 14.2 Å². The average Bonchev–Trinajstić information content (AvgIpc) is 3.74. The first-order valence-corrected chi connectivity index (χ1v) is 13.3. The Bertz CT molecular complexity index is 1550. The van der Waals surface area contributed by atoms with Crippen LogP contribution in [-0.2, 0) is 4.74 Å². The maximum atomic E-state index is 12.9. The van der Waals surface area contributed by atoms with Crippen molar-refractivity contribution in [1.29, 1.82) is 5.26 Å². The molecule has 1 atom stereocenters. The molecular weight excluding hydrogens is 496 g/mol. The molecule has 1 aromatic carbocycles. The first-order chi connectivity index (χ1) is 19.0. The third-order valence-corrected chi connectivity index (χ3v) is 7.52. The predicted octanol–water partition coefficient (Wildman–Crippen LogP) is 3.82. The monoisotopic (exact) mass is 526 g/mol. The van der Waals surface area contributed by atoms with Crippen molar-refractivity contribution in [3.63, 3.8) is 0 Å². The van der Waals surface area contributed by atoms with Gasteiger partial charge in [0.1, 0.15) is 18.2 Å². The Balaban J connectivity index is 1.16. The zero-order valence-electron chi connectivity index (χ0n) is 22.0. The molecule has 2 fully saturated rings. The smallest absolute Gasteiger partial charge is 0.350 e. The molecule has 0 aliphatic carbocycles. The number of benzene rings is 1. The number of pyridine rings is 1. The van der Waals surface area contributed by atoms with Crippen LogP contribution in [0.3, 0.4) is 0 Å². The van der Waals surface area contributed by atoms with E-state index in [0.717, 1.165) is 55.0 Å². The highest BCUT2D eigenvalue weighted by Crippen LogP contribution is 2.32. The van der Waals surface area contributed by atoms with Crippen molar-refractivity contribution >= 4 is 5.82 Å². The predicted molar refractivity (Wildman–Crippen MR) is 143 cm³/mol. The van der Waals surface area contributed by atoms with Crippen molar-refractivity contribution in [1.82, 2.24) is 29.5 Å². The van der Waals surface area contributed by atoms with Crippen molar-refractivity contribution in [3.8, 4) is 22.9 Å². The molecule has 2 aliphatic rings. The van der Waals surface area contributed by atoms with Gasteiger partial charge in [-0.2, -0.15) is 15.3 Å². The molecule has 11 heteroatoms. The molecule has 0 N–H and O–H groups in total. The number of ether oxygens (including phenoxy) is 1. The lowest BCUT2D eigenvalue weighted by molar-refractivity contribution is 0.183. The van der Waals surface area contributed by atoms with Gasteiger partial charge in [-0.15, -0.1) is 0 Å². The molecule has 2 aliphatic heterocycles. The largest absolute Gasteiger partial charge is 0.379 e. The van der Waals surface area contributed by atoms with Crippen LogP contribution in [0.4, 0.5) is 5.82 Å². The van der Waals surface area contributed by atoms with Gasteiger partial charge in [0, 0.05) is 43.3 Å². The highest BCUT2D eigenvalue weighted by atomic mass is 16.5. The summed E-state index contributed by atoms with van der Waals surface area (Å²) < 4.78 is 13.8. The Morgan fingerprint density at radius 2 is 1.90 bits per heavy atom. The van der Waals surface area contributed by atoms with E-state index >= 15 is 0 Å². The van der Waals surface area contributed by atoms with Crippen molar-refractivity contribution in [2.75, 3.05) is 31.2 Å². The summed E-state index contributed by atoms with van der Waals surface area (Å²) in [6, 6.07) is 11.8. The molecule has 4 aromatic rings. The number of aromatic nitrogens is 6. The number of hydrogen-bond acceptors (Lipinski definition) is 9. The summed E-state index contributed by atoms with van der Waals surface area (Å²) >= 11 is 0. The van der Waals surface area contributed by atoms with Crippen molar-refractivity contribution < 1.29 is 9.26 Å². The second-order valence-corrected chi connectivity index (χ2v) is 10.4.